The van der Waals surface area contributed by atoms with E-state index in [1.54, 1.807) is 6.26 Å². The van der Waals surface area contributed by atoms with E-state index < -0.39 is 19.3 Å². The molecule has 0 N–H and O–H groups in total. The minimum absolute atomic E-state index is 0.561. The molecule has 0 aliphatic carbocycles. The lowest BCUT2D eigenvalue weighted by Gasteiger charge is -1.75. The summed E-state index contributed by atoms with van der Waals surface area (Å²) in [5, 5.41) is 0. The van der Waals surface area contributed by atoms with Gasteiger partial charge < -0.3 is 13.5 Å². The van der Waals surface area contributed by atoms with Gasteiger partial charge in [0.25, 0.3) is 0 Å². The van der Waals surface area contributed by atoms with E-state index in [-0.39, 0.29) is 0 Å². The van der Waals surface area contributed by atoms with Crippen LogP contribution in [-0.4, -0.2) is 19.3 Å². The molecule has 0 aromatic carbocycles. The highest BCUT2D eigenvalue weighted by atomic mass is 35.5. The molecule has 0 saturated heterocycles. The number of rotatable bonds is 1. The monoisotopic (exact) mass is 126 g/mol. The summed E-state index contributed by atoms with van der Waals surface area (Å²) in [5.74, 6) is 0. The fourth-order valence-corrected chi connectivity index (χ4v) is 1.23. The van der Waals surface area contributed by atoms with Crippen LogP contribution in [0.15, 0.2) is 22.8 Å². The van der Waals surface area contributed by atoms with Crippen LogP contribution in [0.3, 0.4) is 0 Å². The zero-order valence-corrected chi connectivity index (χ0v) is 5.90. The zero-order valence-electron chi connectivity index (χ0n) is 3.73. The van der Waals surface area contributed by atoms with E-state index in [0.717, 1.165) is 3.89 Å². The molecule has 1 heterocycles. The summed E-state index contributed by atoms with van der Waals surface area (Å²) in [5.41, 5.74) is 0. The quantitative estimate of drug-likeness (QED) is 0.507. The van der Waals surface area contributed by atoms with Gasteiger partial charge in [0, 0.05) is 0 Å². The minimum Gasteiger partial charge on any atom is -0.499 e. The molecular formula is C4H3ClMgO. The lowest BCUT2D eigenvalue weighted by Crippen LogP contribution is -2.02. The number of furan rings is 1. The third-order valence-corrected chi connectivity index (χ3v) is 2.17. The molecular weight excluding hydrogens is 124 g/mol. The van der Waals surface area contributed by atoms with Gasteiger partial charge in [-0.05, 0) is 9.96 Å². The molecule has 7 heavy (non-hydrogen) atoms. The van der Waals surface area contributed by atoms with Crippen molar-refractivity contribution in [3.63, 3.8) is 0 Å². The highest BCUT2D eigenvalue weighted by Gasteiger charge is 1.94. The van der Waals surface area contributed by atoms with Gasteiger partial charge in [0.15, 0.2) is 0 Å². The minimum atomic E-state index is -0.561. The predicted molar refractivity (Wildman–Crippen MR) is 29.9 cm³/mol. The van der Waals surface area contributed by atoms with Gasteiger partial charge in [-0.25, -0.2) is 0 Å². The number of halogens is 1. The van der Waals surface area contributed by atoms with Gasteiger partial charge in [-0.1, -0.05) is 6.07 Å². The van der Waals surface area contributed by atoms with Crippen molar-refractivity contribution < 1.29 is 4.42 Å². The molecule has 1 aromatic heterocycles. The van der Waals surface area contributed by atoms with Crippen molar-refractivity contribution in [2.24, 2.45) is 0 Å². The van der Waals surface area contributed by atoms with E-state index in [0.29, 0.717) is 0 Å². The molecule has 0 aliphatic heterocycles. The first-order chi connectivity index (χ1) is 3.43. The van der Waals surface area contributed by atoms with E-state index in [1.165, 1.54) is 0 Å². The predicted octanol–water partition coefficient (Wildman–Crippen LogP) is 0.763. The Morgan fingerprint density at radius 2 is 2.57 bits per heavy atom. The van der Waals surface area contributed by atoms with E-state index in [9.17, 15) is 0 Å². The van der Waals surface area contributed by atoms with Crippen molar-refractivity contribution in [1.29, 1.82) is 0 Å². The summed E-state index contributed by atoms with van der Waals surface area (Å²) < 4.78 is 5.87. The van der Waals surface area contributed by atoms with E-state index in [2.05, 4.69) is 0 Å². The Balaban J connectivity index is 2.76. The van der Waals surface area contributed by atoms with Crippen LogP contribution in [0.5, 0.6) is 0 Å². The molecule has 0 fully saturated rings. The van der Waals surface area contributed by atoms with Crippen LogP contribution in [0.4, 0.5) is 0 Å². The summed E-state index contributed by atoms with van der Waals surface area (Å²) >= 11 is -0.561. The third-order valence-electron chi connectivity index (χ3n) is 0.712. The maximum absolute atomic E-state index is 5.51. The van der Waals surface area contributed by atoms with Gasteiger partial charge >= 0.3 is 19.3 Å². The normalized spacial score (nSPS) is 8.14. The Bertz CT molecular complexity index is 126. The van der Waals surface area contributed by atoms with Crippen LogP contribution in [0.1, 0.15) is 0 Å². The molecule has 0 atom stereocenters. The summed E-state index contributed by atoms with van der Waals surface area (Å²) in [6.45, 7) is 0. The summed E-state index contributed by atoms with van der Waals surface area (Å²) in [4.78, 5) is 0. The van der Waals surface area contributed by atoms with E-state index >= 15 is 0 Å². The Hall–Kier alpha value is 0.336. The van der Waals surface area contributed by atoms with Gasteiger partial charge in [-0.3, -0.25) is 0 Å². The highest BCUT2D eigenvalue weighted by Crippen LogP contribution is 1.81. The largest absolute Gasteiger partial charge is 0.592 e. The first-order valence-corrected chi connectivity index (χ1v) is 4.86. The second-order valence-corrected chi connectivity index (χ2v) is 2.98. The first kappa shape index (κ1) is 5.47. The maximum Gasteiger partial charge on any atom is 0.592 e. The average molecular weight is 127 g/mol. The van der Waals surface area contributed by atoms with Gasteiger partial charge in [-0.15, -0.1) is 0 Å². The molecule has 0 aliphatic rings. The SMILES string of the molecule is [Cl][Mg][c]1ccco1. The lowest BCUT2D eigenvalue weighted by molar-refractivity contribution is 0.601. The Morgan fingerprint density at radius 1 is 1.71 bits per heavy atom. The Labute approximate surface area is 55.2 Å². The van der Waals surface area contributed by atoms with Crippen LogP contribution < -0.4 is 3.89 Å². The van der Waals surface area contributed by atoms with Crippen molar-refractivity contribution >= 4 is 32.2 Å². The number of hydrogen-bond donors (Lipinski definition) is 0. The van der Waals surface area contributed by atoms with Gasteiger partial charge in [0.05, 0.1) is 6.26 Å². The second kappa shape index (κ2) is 2.60. The molecule has 34 valence electrons. The zero-order chi connectivity index (χ0) is 5.11. The molecule has 0 unspecified atom stereocenters. The second-order valence-electron chi connectivity index (χ2n) is 1.21. The molecule has 0 radical (unpaired) electrons. The van der Waals surface area contributed by atoms with Crippen LogP contribution in [0.2, 0.25) is 0 Å². The fourth-order valence-electron chi connectivity index (χ4n) is 0.389. The van der Waals surface area contributed by atoms with Crippen LogP contribution in [0, 0.1) is 0 Å². The average Bonchev–Trinajstić information content (AvgIpc) is 2.14. The Morgan fingerprint density at radius 3 is 2.86 bits per heavy atom. The lowest BCUT2D eigenvalue weighted by atomic mass is 10.7. The molecule has 1 nitrogen and oxygen atoms in total. The van der Waals surface area contributed by atoms with Crippen LogP contribution in [0.25, 0.3) is 0 Å². The van der Waals surface area contributed by atoms with Crippen molar-refractivity contribution in [3.8, 4) is 0 Å². The Kier molecular flexibility index (Phi) is 2.03. The van der Waals surface area contributed by atoms with E-state index in [1.807, 2.05) is 12.1 Å². The highest BCUT2D eigenvalue weighted by molar-refractivity contribution is 7.00. The van der Waals surface area contributed by atoms with Crippen molar-refractivity contribution in [1.82, 2.24) is 0 Å². The molecule has 0 spiro atoms. The van der Waals surface area contributed by atoms with E-state index in [4.69, 9.17) is 13.5 Å². The fraction of sp³-hybridized carbons (Fsp3) is 0. The topological polar surface area (TPSA) is 13.1 Å². The molecule has 1 rings (SSSR count). The molecule has 3 heteroatoms. The molecule has 0 saturated carbocycles. The van der Waals surface area contributed by atoms with Crippen molar-refractivity contribution in [2.75, 3.05) is 0 Å². The third kappa shape index (κ3) is 1.37. The molecule has 0 bridgehead atoms. The van der Waals surface area contributed by atoms with Gasteiger partial charge in [0.1, 0.15) is 0 Å². The molecule has 0 amide bonds. The summed E-state index contributed by atoms with van der Waals surface area (Å²) in [6, 6.07) is 3.75. The first-order valence-electron chi connectivity index (χ1n) is 2.02. The summed E-state index contributed by atoms with van der Waals surface area (Å²) in [7, 11) is 5.51. The number of hydrogen-bond acceptors (Lipinski definition) is 1. The molecule has 1 aromatic rings. The van der Waals surface area contributed by atoms with Crippen LogP contribution in [-0.2, 0) is 0 Å². The van der Waals surface area contributed by atoms with Crippen molar-refractivity contribution in [3.05, 3.63) is 18.4 Å². The maximum atomic E-state index is 5.51. The van der Waals surface area contributed by atoms with Crippen molar-refractivity contribution in [2.45, 2.75) is 0 Å². The summed E-state index contributed by atoms with van der Waals surface area (Å²) in [6.07, 6.45) is 1.64. The standard InChI is InChI=1S/C4H3O.ClH.Mg/c1-2-4-5-3-1;;/h1-3H;1H;/q;;+1/p-1. The smallest absolute Gasteiger partial charge is 0.499 e. The van der Waals surface area contributed by atoms with Crippen LogP contribution >= 0.6 is 9.07 Å². The van der Waals surface area contributed by atoms with Gasteiger partial charge in [-0.2, -0.15) is 0 Å². The van der Waals surface area contributed by atoms with Gasteiger partial charge in [0.2, 0.25) is 0 Å².